The number of rotatable bonds is 5. The lowest BCUT2D eigenvalue weighted by Gasteiger charge is -2.28. The standard InChI is InChI=1S/C22H22N4O4/c1-4-30-21(28)18-13(2)23-22-24-20(14-8-10-17(29-3)11-9-14)25-26(22)19(18)15-6-5-7-16(27)12-15/h5-12,19,27H,4H2,1-3H3,(H,23,24,25). The van der Waals surface area contributed by atoms with E-state index < -0.39 is 12.0 Å². The molecule has 1 unspecified atom stereocenters. The molecule has 4 rings (SSSR count). The molecule has 1 atom stereocenters. The van der Waals surface area contributed by atoms with Crippen LogP contribution in [0.25, 0.3) is 11.4 Å². The van der Waals surface area contributed by atoms with Gasteiger partial charge in [0.05, 0.1) is 19.3 Å². The number of carbonyl (C=O) groups excluding carboxylic acids is 1. The molecule has 0 aliphatic carbocycles. The van der Waals surface area contributed by atoms with Gasteiger partial charge < -0.3 is 19.9 Å². The SMILES string of the molecule is CCOC(=O)C1=C(C)Nc2nc(-c3ccc(OC)cc3)nn2C1c1cccc(O)c1. The summed E-state index contributed by atoms with van der Waals surface area (Å²) in [6.07, 6.45) is 0. The zero-order valence-electron chi connectivity index (χ0n) is 16.9. The number of allylic oxidation sites excluding steroid dienone is 1. The van der Waals surface area contributed by atoms with Crippen LogP contribution in [0, 0.1) is 0 Å². The highest BCUT2D eigenvalue weighted by Gasteiger charge is 2.35. The van der Waals surface area contributed by atoms with E-state index in [1.807, 2.05) is 30.3 Å². The van der Waals surface area contributed by atoms with Crippen molar-refractivity contribution < 1.29 is 19.4 Å². The predicted octanol–water partition coefficient (Wildman–Crippen LogP) is 3.51. The van der Waals surface area contributed by atoms with Crippen LogP contribution in [0.1, 0.15) is 25.5 Å². The summed E-state index contributed by atoms with van der Waals surface area (Å²) in [6, 6.07) is 13.6. The van der Waals surface area contributed by atoms with Crippen molar-refractivity contribution in [2.24, 2.45) is 0 Å². The maximum absolute atomic E-state index is 12.8. The first kappa shape index (κ1) is 19.5. The Labute approximate surface area is 173 Å². The van der Waals surface area contributed by atoms with Crippen LogP contribution in [0.15, 0.2) is 59.8 Å². The molecule has 3 aromatic rings. The third-order valence-electron chi connectivity index (χ3n) is 4.88. The number of hydrogen-bond donors (Lipinski definition) is 2. The van der Waals surface area contributed by atoms with Crippen molar-refractivity contribution in [3.05, 3.63) is 65.4 Å². The first-order valence-electron chi connectivity index (χ1n) is 9.56. The molecule has 0 amide bonds. The van der Waals surface area contributed by atoms with Crippen LogP contribution in [0.3, 0.4) is 0 Å². The average molecular weight is 406 g/mol. The summed E-state index contributed by atoms with van der Waals surface area (Å²) >= 11 is 0. The second kappa shape index (κ2) is 7.90. The molecular formula is C22H22N4O4. The van der Waals surface area contributed by atoms with E-state index in [1.54, 1.807) is 43.8 Å². The molecular weight excluding hydrogens is 384 g/mol. The zero-order chi connectivity index (χ0) is 21.3. The van der Waals surface area contributed by atoms with Crippen molar-refractivity contribution in [1.29, 1.82) is 0 Å². The maximum Gasteiger partial charge on any atom is 0.338 e. The van der Waals surface area contributed by atoms with Crippen molar-refractivity contribution in [2.45, 2.75) is 19.9 Å². The predicted molar refractivity (Wildman–Crippen MR) is 111 cm³/mol. The molecule has 2 heterocycles. The topological polar surface area (TPSA) is 98.5 Å². The number of nitrogens with zero attached hydrogens (tertiary/aromatic N) is 3. The van der Waals surface area contributed by atoms with E-state index in [0.29, 0.717) is 28.6 Å². The van der Waals surface area contributed by atoms with Gasteiger partial charge in [0.25, 0.3) is 0 Å². The number of ether oxygens (including phenoxy) is 2. The first-order valence-corrected chi connectivity index (χ1v) is 9.56. The molecule has 8 heteroatoms. The van der Waals surface area contributed by atoms with Crippen molar-refractivity contribution in [3.8, 4) is 22.9 Å². The number of aromatic hydroxyl groups is 1. The number of nitrogens with one attached hydrogen (secondary N) is 1. The number of phenols is 1. The van der Waals surface area contributed by atoms with Gasteiger partial charge in [0.15, 0.2) is 5.82 Å². The summed E-state index contributed by atoms with van der Waals surface area (Å²) in [7, 11) is 1.61. The second-order valence-electron chi connectivity index (χ2n) is 6.81. The summed E-state index contributed by atoms with van der Waals surface area (Å²) in [5.41, 5.74) is 2.56. The van der Waals surface area contributed by atoms with Gasteiger partial charge in [-0.2, -0.15) is 4.98 Å². The molecule has 1 aliphatic rings. The third kappa shape index (κ3) is 3.47. The third-order valence-corrected chi connectivity index (χ3v) is 4.88. The van der Waals surface area contributed by atoms with Gasteiger partial charge >= 0.3 is 5.97 Å². The molecule has 1 aromatic heterocycles. The summed E-state index contributed by atoms with van der Waals surface area (Å²) in [6.45, 7) is 3.81. The summed E-state index contributed by atoms with van der Waals surface area (Å²) in [4.78, 5) is 17.4. The number of phenolic OH excluding ortho intramolecular Hbond substituents is 1. The molecule has 0 saturated carbocycles. The Morgan fingerprint density at radius 1 is 1.23 bits per heavy atom. The number of carbonyl (C=O) groups is 1. The Morgan fingerprint density at radius 3 is 2.67 bits per heavy atom. The first-order chi connectivity index (χ1) is 14.5. The quantitative estimate of drug-likeness (QED) is 0.626. The number of fused-ring (bicyclic) bond motifs is 1. The molecule has 1 aliphatic heterocycles. The Hall–Kier alpha value is -3.81. The number of anilines is 1. The summed E-state index contributed by atoms with van der Waals surface area (Å²) in [5, 5.41) is 17.8. The van der Waals surface area contributed by atoms with E-state index >= 15 is 0 Å². The van der Waals surface area contributed by atoms with E-state index in [4.69, 9.17) is 9.47 Å². The van der Waals surface area contributed by atoms with E-state index in [1.165, 1.54) is 0 Å². The van der Waals surface area contributed by atoms with E-state index in [9.17, 15) is 9.90 Å². The smallest absolute Gasteiger partial charge is 0.338 e. The minimum atomic E-state index is -0.591. The lowest BCUT2D eigenvalue weighted by Crippen LogP contribution is -2.29. The molecule has 2 aromatic carbocycles. The van der Waals surface area contributed by atoms with Crippen molar-refractivity contribution in [2.75, 3.05) is 19.0 Å². The van der Waals surface area contributed by atoms with Crippen LogP contribution in [-0.2, 0) is 9.53 Å². The van der Waals surface area contributed by atoms with Crippen LogP contribution in [0.4, 0.5) is 5.95 Å². The summed E-state index contributed by atoms with van der Waals surface area (Å²) in [5.74, 6) is 1.40. The van der Waals surface area contributed by atoms with Crippen LogP contribution < -0.4 is 10.1 Å². The Morgan fingerprint density at radius 2 is 2.00 bits per heavy atom. The van der Waals surface area contributed by atoms with Crippen molar-refractivity contribution in [1.82, 2.24) is 14.8 Å². The zero-order valence-corrected chi connectivity index (χ0v) is 16.9. The van der Waals surface area contributed by atoms with Crippen molar-refractivity contribution in [3.63, 3.8) is 0 Å². The number of aromatic nitrogens is 3. The lowest BCUT2D eigenvalue weighted by molar-refractivity contribution is -0.139. The molecule has 0 fully saturated rings. The Balaban J connectivity index is 1.83. The molecule has 0 saturated heterocycles. The fourth-order valence-electron chi connectivity index (χ4n) is 3.49. The van der Waals surface area contributed by atoms with Gasteiger partial charge in [-0.05, 0) is 55.8 Å². The maximum atomic E-state index is 12.8. The van der Waals surface area contributed by atoms with Crippen LogP contribution in [0.5, 0.6) is 11.5 Å². The summed E-state index contributed by atoms with van der Waals surface area (Å²) < 4.78 is 12.1. The van der Waals surface area contributed by atoms with Crippen molar-refractivity contribution >= 4 is 11.9 Å². The highest BCUT2D eigenvalue weighted by Crippen LogP contribution is 2.37. The monoisotopic (exact) mass is 406 g/mol. The molecule has 0 spiro atoms. The average Bonchev–Trinajstić information content (AvgIpc) is 3.16. The van der Waals surface area contributed by atoms with Crippen LogP contribution >= 0.6 is 0 Å². The van der Waals surface area contributed by atoms with Gasteiger partial charge in [0.1, 0.15) is 17.5 Å². The van der Waals surface area contributed by atoms with Gasteiger partial charge in [-0.25, -0.2) is 9.48 Å². The Bertz CT molecular complexity index is 1120. The van der Waals surface area contributed by atoms with E-state index in [0.717, 1.165) is 11.3 Å². The lowest BCUT2D eigenvalue weighted by atomic mass is 9.95. The minimum absolute atomic E-state index is 0.101. The largest absolute Gasteiger partial charge is 0.508 e. The normalized spacial score (nSPS) is 15.4. The van der Waals surface area contributed by atoms with E-state index in [-0.39, 0.29) is 12.4 Å². The fourth-order valence-corrected chi connectivity index (χ4v) is 3.49. The van der Waals surface area contributed by atoms with Crippen LogP contribution in [0.2, 0.25) is 0 Å². The molecule has 2 N–H and O–H groups in total. The van der Waals surface area contributed by atoms with Crippen LogP contribution in [-0.4, -0.2) is 39.6 Å². The molecule has 0 radical (unpaired) electrons. The Kier molecular flexibility index (Phi) is 5.14. The number of benzene rings is 2. The highest BCUT2D eigenvalue weighted by atomic mass is 16.5. The number of hydrogen-bond acceptors (Lipinski definition) is 7. The highest BCUT2D eigenvalue weighted by molar-refractivity contribution is 5.92. The molecule has 154 valence electrons. The number of methoxy groups -OCH3 is 1. The van der Waals surface area contributed by atoms with Gasteiger partial charge in [0.2, 0.25) is 5.95 Å². The second-order valence-corrected chi connectivity index (χ2v) is 6.81. The van der Waals surface area contributed by atoms with Gasteiger partial charge in [0, 0.05) is 11.3 Å². The molecule has 0 bridgehead atoms. The minimum Gasteiger partial charge on any atom is -0.508 e. The number of esters is 1. The molecule has 8 nitrogen and oxygen atoms in total. The fraction of sp³-hybridized carbons (Fsp3) is 0.227. The van der Waals surface area contributed by atoms with Gasteiger partial charge in [-0.1, -0.05) is 12.1 Å². The van der Waals surface area contributed by atoms with Gasteiger partial charge in [-0.3, -0.25) is 0 Å². The molecule has 30 heavy (non-hydrogen) atoms. The van der Waals surface area contributed by atoms with Gasteiger partial charge in [-0.15, -0.1) is 5.10 Å². The van der Waals surface area contributed by atoms with E-state index in [2.05, 4.69) is 15.4 Å².